The van der Waals surface area contributed by atoms with Gasteiger partial charge in [0.25, 0.3) is 0 Å². The Balaban J connectivity index is 1.27. The van der Waals surface area contributed by atoms with Gasteiger partial charge in [-0.05, 0) is 31.4 Å². The summed E-state index contributed by atoms with van der Waals surface area (Å²) in [6.07, 6.45) is 8.48. The van der Waals surface area contributed by atoms with Gasteiger partial charge in [0.15, 0.2) is 0 Å². The van der Waals surface area contributed by atoms with Crippen LogP contribution in [0.5, 0.6) is 0 Å². The smallest absolute Gasteiger partial charge is 0.222 e. The van der Waals surface area contributed by atoms with Crippen molar-refractivity contribution >= 4 is 27.5 Å². The first-order chi connectivity index (χ1) is 12.3. The predicted molar refractivity (Wildman–Crippen MR) is 108 cm³/mol. The van der Waals surface area contributed by atoms with E-state index in [0.717, 1.165) is 62.9 Å². The molecule has 0 radical (unpaired) electrons. The van der Waals surface area contributed by atoms with Gasteiger partial charge in [0.1, 0.15) is 0 Å². The van der Waals surface area contributed by atoms with E-state index < -0.39 is 0 Å². The van der Waals surface area contributed by atoms with Crippen LogP contribution in [0.2, 0.25) is 0 Å². The molecule has 0 spiro atoms. The van der Waals surface area contributed by atoms with Crippen molar-refractivity contribution in [2.75, 3.05) is 38.5 Å². The van der Waals surface area contributed by atoms with Gasteiger partial charge in [0, 0.05) is 68.5 Å². The van der Waals surface area contributed by atoms with Crippen LogP contribution >= 0.6 is 21.6 Å². The summed E-state index contributed by atoms with van der Waals surface area (Å²) in [5.41, 5.74) is 1.15. The van der Waals surface area contributed by atoms with Gasteiger partial charge in [-0.25, -0.2) is 0 Å². The van der Waals surface area contributed by atoms with Gasteiger partial charge in [-0.2, -0.15) is 0 Å². The van der Waals surface area contributed by atoms with Crippen molar-refractivity contribution in [2.24, 2.45) is 0 Å². The lowest BCUT2D eigenvalue weighted by Gasteiger charge is -2.34. The van der Waals surface area contributed by atoms with Crippen molar-refractivity contribution in [1.29, 1.82) is 0 Å². The van der Waals surface area contributed by atoms with Crippen LogP contribution < -0.4 is 0 Å². The summed E-state index contributed by atoms with van der Waals surface area (Å²) in [4.78, 5) is 21.3. The van der Waals surface area contributed by atoms with Crippen LogP contribution in [0.15, 0.2) is 24.4 Å². The van der Waals surface area contributed by atoms with Crippen molar-refractivity contribution in [1.82, 2.24) is 14.8 Å². The minimum absolute atomic E-state index is 0.359. The summed E-state index contributed by atoms with van der Waals surface area (Å²) in [6.45, 7) is 4.80. The van der Waals surface area contributed by atoms with Crippen LogP contribution in [0.3, 0.4) is 0 Å². The molecule has 2 aliphatic rings. The van der Waals surface area contributed by atoms with Gasteiger partial charge >= 0.3 is 0 Å². The van der Waals surface area contributed by atoms with E-state index >= 15 is 0 Å². The zero-order valence-corrected chi connectivity index (χ0v) is 16.6. The molecule has 2 saturated heterocycles. The molecule has 0 aromatic carbocycles. The first kappa shape index (κ1) is 19.1. The predicted octanol–water partition coefficient (Wildman–Crippen LogP) is 3.48. The number of nitrogens with zero attached hydrogens (tertiary/aromatic N) is 3. The number of carbonyl (C=O) groups is 1. The third-order valence-corrected chi connectivity index (χ3v) is 8.04. The van der Waals surface area contributed by atoms with Gasteiger partial charge < -0.3 is 4.90 Å². The quantitative estimate of drug-likeness (QED) is 0.510. The van der Waals surface area contributed by atoms with Crippen molar-refractivity contribution in [3.63, 3.8) is 0 Å². The maximum Gasteiger partial charge on any atom is 0.222 e. The molecule has 3 rings (SSSR count). The summed E-state index contributed by atoms with van der Waals surface area (Å²) >= 11 is 0. The molecule has 6 heteroatoms. The number of piperazine rings is 1. The van der Waals surface area contributed by atoms with E-state index in [1.807, 2.05) is 39.9 Å². The molecule has 1 atom stereocenters. The fraction of sp³-hybridized carbons (Fsp3) is 0.684. The zero-order valence-electron chi connectivity index (χ0n) is 14.9. The lowest BCUT2D eigenvalue weighted by molar-refractivity contribution is -0.133. The van der Waals surface area contributed by atoms with Gasteiger partial charge in [0.2, 0.25) is 5.91 Å². The highest BCUT2D eigenvalue weighted by atomic mass is 33.1. The largest absolute Gasteiger partial charge is 0.340 e. The number of hydrogen-bond acceptors (Lipinski definition) is 5. The standard InChI is InChI=1S/C19H29N3OS2/c23-19(7-2-1-6-18-9-16-24-25-18)22-14-12-21(13-15-22)11-8-17-5-3-4-10-20-17/h3-5,10,18H,1-2,6-9,11-16H2. The number of aromatic nitrogens is 1. The van der Waals surface area contributed by atoms with E-state index in [2.05, 4.69) is 20.9 Å². The Labute approximate surface area is 159 Å². The maximum atomic E-state index is 12.4. The highest BCUT2D eigenvalue weighted by Gasteiger charge is 2.21. The molecule has 1 aromatic heterocycles. The average Bonchev–Trinajstić information content (AvgIpc) is 3.18. The van der Waals surface area contributed by atoms with E-state index in [9.17, 15) is 4.79 Å². The molecular formula is C19H29N3OS2. The Morgan fingerprint density at radius 2 is 2.08 bits per heavy atom. The van der Waals surface area contributed by atoms with E-state index in [-0.39, 0.29) is 0 Å². The first-order valence-electron chi connectivity index (χ1n) is 9.49. The summed E-state index contributed by atoms with van der Waals surface area (Å²) in [5, 5.41) is 0.836. The van der Waals surface area contributed by atoms with Crippen LogP contribution in [0.4, 0.5) is 0 Å². The summed E-state index contributed by atoms with van der Waals surface area (Å²) in [5.74, 6) is 1.66. The van der Waals surface area contributed by atoms with Crippen LogP contribution in [0, 0.1) is 0 Å². The number of carbonyl (C=O) groups excluding carboxylic acids is 1. The number of pyridine rings is 1. The SMILES string of the molecule is O=C(CCCCC1CCSS1)N1CCN(CCc2ccccn2)CC1. The minimum atomic E-state index is 0.359. The van der Waals surface area contributed by atoms with Crippen LogP contribution in [0.25, 0.3) is 0 Å². The third kappa shape index (κ3) is 6.50. The molecule has 1 aromatic rings. The van der Waals surface area contributed by atoms with E-state index in [0.29, 0.717) is 5.91 Å². The Bertz CT molecular complexity index is 515. The second-order valence-corrected chi connectivity index (χ2v) is 9.66. The van der Waals surface area contributed by atoms with Crippen LogP contribution in [-0.2, 0) is 11.2 Å². The Morgan fingerprint density at radius 3 is 2.80 bits per heavy atom. The second-order valence-electron chi connectivity index (χ2n) is 6.87. The minimum Gasteiger partial charge on any atom is -0.340 e. The molecule has 138 valence electrons. The van der Waals surface area contributed by atoms with Gasteiger partial charge in [-0.15, -0.1) is 0 Å². The van der Waals surface area contributed by atoms with Gasteiger partial charge in [0.05, 0.1) is 0 Å². The summed E-state index contributed by atoms with van der Waals surface area (Å²) < 4.78 is 0. The lowest BCUT2D eigenvalue weighted by Crippen LogP contribution is -2.49. The highest BCUT2D eigenvalue weighted by Crippen LogP contribution is 2.39. The molecule has 4 nitrogen and oxygen atoms in total. The zero-order chi connectivity index (χ0) is 17.3. The lowest BCUT2D eigenvalue weighted by atomic mass is 10.1. The summed E-state index contributed by atoms with van der Waals surface area (Å²) in [7, 11) is 4.05. The van der Waals surface area contributed by atoms with Crippen molar-refractivity contribution in [2.45, 2.75) is 43.8 Å². The van der Waals surface area contributed by atoms with E-state index in [1.54, 1.807) is 0 Å². The number of rotatable bonds is 8. The number of unbranched alkanes of at least 4 members (excludes halogenated alkanes) is 1. The molecule has 25 heavy (non-hydrogen) atoms. The number of hydrogen-bond donors (Lipinski definition) is 0. The van der Waals surface area contributed by atoms with E-state index in [4.69, 9.17) is 0 Å². The Morgan fingerprint density at radius 1 is 1.20 bits per heavy atom. The highest BCUT2D eigenvalue weighted by molar-refractivity contribution is 8.77. The van der Waals surface area contributed by atoms with Crippen LogP contribution in [-0.4, -0.2) is 64.4 Å². The Hall–Kier alpha value is -0.720. The third-order valence-electron chi connectivity index (χ3n) is 5.03. The molecule has 0 bridgehead atoms. The summed E-state index contributed by atoms with van der Waals surface area (Å²) in [6, 6.07) is 6.09. The normalized spacial score (nSPS) is 21.6. The number of amides is 1. The topological polar surface area (TPSA) is 36.4 Å². The van der Waals surface area contributed by atoms with Crippen LogP contribution in [0.1, 0.15) is 37.8 Å². The average molecular weight is 380 g/mol. The molecule has 0 aliphatic carbocycles. The molecule has 2 aliphatic heterocycles. The molecule has 1 unspecified atom stereocenters. The molecule has 0 saturated carbocycles. The van der Waals surface area contributed by atoms with Gasteiger partial charge in [-0.1, -0.05) is 34.1 Å². The first-order valence-corrected chi connectivity index (χ1v) is 11.9. The fourth-order valence-corrected chi connectivity index (χ4v) is 6.44. The van der Waals surface area contributed by atoms with Gasteiger partial charge in [-0.3, -0.25) is 14.7 Å². The van der Waals surface area contributed by atoms with Crippen molar-refractivity contribution in [3.05, 3.63) is 30.1 Å². The monoisotopic (exact) mass is 379 g/mol. The molecular weight excluding hydrogens is 350 g/mol. The molecule has 1 amide bonds. The molecule has 0 N–H and O–H groups in total. The second kappa shape index (κ2) is 10.4. The fourth-order valence-electron chi connectivity index (χ4n) is 3.41. The van der Waals surface area contributed by atoms with Crippen molar-refractivity contribution < 1.29 is 4.79 Å². The van der Waals surface area contributed by atoms with E-state index in [1.165, 1.54) is 25.0 Å². The van der Waals surface area contributed by atoms with Crippen molar-refractivity contribution in [3.8, 4) is 0 Å². The molecule has 2 fully saturated rings. The Kier molecular flexibility index (Phi) is 7.95. The molecule has 3 heterocycles. The maximum absolute atomic E-state index is 12.4.